The molecule has 1 atom stereocenters. The summed E-state index contributed by atoms with van der Waals surface area (Å²) in [5, 5.41) is 23.6. The standard InChI is InChI=1S/C35H48N2O3/c1-6-28-22-30(34-26(2)12-10-16-29(34)19-20-33(39)40)17-18-31(28)24-37(5)25-32(38)23-36-35(3,4)21-11-15-27-13-8-7-9-14-27/h7-10,12-14,16-18,22,32,36,38H,6,11,15,19-21,23-25H2,1-5H3,(H,39,40)/t32-/m1/s1. The van der Waals surface area contributed by atoms with Crippen LogP contribution in [0.4, 0.5) is 0 Å². The molecular weight excluding hydrogens is 496 g/mol. The van der Waals surface area contributed by atoms with Gasteiger partial charge in [0.2, 0.25) is 0 Å². The van der Waals surface area contributed by atoms with Crippen molar-refractivity contribution in [2.24, 2.45) is 0 Å². The predicted octanol–water partition coefficient (Wildman–Crippen LogP) is 6.43. The summed E-state index contributed by atoms with van der Waals surface area (Å²) in [4.78, 5) is 13.4. The van der Waals surface area contributed by atoms with Crippen LogP contribution in [0.2, 0.25) is 0 Å². The fourth-order valence-corrected chi connectivity index (χ4v) is 5.50. The number of likely N-dealkylation sites (N-methyl/N-ethyl adjacent to an activating group) is 1. The predicted molar refractivity (Wildman–Crippen MR) is 166 cm³/mol. The van der Waals surface area contributed by atoms with Gasteiger partial charge in [-0.1, -0.05) is 73.7 Å². The largest absolute Gasteiger partial charge is 0.481 e. The minimum atomic E-state index is -0.774. The molecule has 0 amide bonds. The Balaban J connectivity index is 1.55. The Morgan fingerprint density at radius 1 is 0.975 bits per heavy atom. The summed E-state index contributed by atoms with van der Waals surface area (Å²) in [6, 6.07) is 23.3. The van der Waals surface area contributed by atoms with Gasteiger partial charge in [-0.05, 0) is 98.9 Å². The number of carbonyl (C=O) groups is 1. The molecule has 0 saturated carbocycles. The highest BCUT2D eigenvalue weighted by Crippen LogP contribution is 2.31. The monoisotopic (exact) mass is 544 g/mol. The van der Waals surface area contributed by atoms with Gasteiger partial charge in [0.15, 0.2) is 0 Å². The first-order valence-electron chi connectivity index (χ1n) is 14.7. The molecule has 3 rings (SSSR count). The van der Waals surface area contributed by atoms with Gasteiger partial charge < -0.3 is 15.5 Å². The Morgan fingerprint density at radius 2 is 1.73 bits per heavy atom. The van der Waals surface area contributed by atoms with Crippen molar-refractivity contribution in [1.29, 1.82) is 0 Å². The molecule has 5 nitrogen and oxygen atoms in total. The van der Waals surface area contributed by atoms with Crippen LogP contribution in [0.25, 0.3) is 11.1 Å². The van der Waals surface area contributed by atoms with E-state index in [-0.39, 0.29) is 12.0 Å². The molecule has 216 valence electrons. The minimum Gasteiger partial charge on any atom is -0.481 e. The summed E-state index contributed by atoms with van der Waals surface area (Å²) < 4.78 is 0. The number of nitrogens with one attached hydrogen (secondary N) is 1. The second-order valence-corrected chi connectivity index (χ2v) is 11.8. The summed E-state index contributed by atoms with van der Waals surface area (Å²) in [6.07, 6.45) is 4.34. The normalized spacial score (nSPS) is 12.6. The quantitative estimate of drug-likeness (QED) is 0.194. The number of benzene rings is 3. The lowest BCUT2D eigenvalue weighted by molar-refractivity contribution is -0.136. The molecule has 0 aliphatic rings. The minimum absolute atomic E-state index is 0.0293. The maximum atomic E-state index is 11.2. The smallest absolute Gasteiger partial charge is 0.303 e. The number of carboxylic acids is 1. The fraction of sp³-hybridized carbons (Fsp3) is 0.457. The lowest BCUT2D eigenvalue weighted by atomic mass is 9.90. The fourth-order valence-electron chi connectivity index (χ4n) is 5.50. The third kappa shape index (κ3) is 9.88. The van der Waals surface area contributed by atoms with Crippen LogP contribution in [0.15, 0.2) is 66.7 Å². The topological polar surface area (TPSA) is 72.8 Å². The Bertz CT molecular complexity index is 1220. The van der Waals surface area contributed by atoms with E-state index in [0.717, 1.165) is 54.5 Å². The maximum absolute atomic E-state index is 11.2. The van der Waals surface area contributed by atoms with Gasteiger partial charge >= 0.3 is 5.97 Å². The Labute approximate surface area is 241 Å². The molecule has 3 N–H and O–H groups in total. The molecule has 0 aliphatic heterocycles. The average Bonchev–Trinajstić information content (AvgIpc) is 2.91. The molecular formula is C35H48N2O3. The zero-order chi connectivity index (χ0) is 29.1. The van der Waals surface area contributed by atoms with Crippen LogP contribution in [0.5, 0.6) is 0 Å². The number of carboxylic acid groups (broad SMARTS) is 1. The van der Waals surface area contributed by atoms with Gasteiger partial charge in [-0.2, -0.15) is 0 Å². The summed E-state index contributed by atoms with van der Waals surface area (Å²) in [5.74, 6) is -0.774. The van der Waals surface area contributed by atoms with Crippen molar-refractivity contribution < 1.29 is 15.0 Å². The molecule has 3 aromatic carbocycles. The van der Waals surface area contributed by atoms with Crippen LogP contribution >= 0.6 is 0 Å². The SMILES string of the molecule is CCc1cc(-c2c(C)cccc2CCC(=O)O)ccc1CN(C)C[C@H](O)CNC(C)(C)CCCc1ccccc1. The highest BCUT2D eigenvalue weighted by atomic mass is 16.4. The lowest BCUT2D eigenvalue weighted by Crippen LogP contribution is -2.46. The molecule has 5 heteroatoms. The molecule has 0 spiro atoms. The van der Waals surface area contributed by atoms with Crippen molar-refractivity contribution in [3.8, 4) is 11.1 Å². The van der Waals surface area contributed by atoms with Gasteiger partial charge in [0.1, 0.15) is 0 Å². The van der Waals surface area contributed by atoms with Crippen molar-refractivity contribution in [1.82, 2.24) is 10.2 Å². The zero-order valence-electron chi connectivity index (χ0n) is 25.0. The van der Waals surface area contributed by atoms with Crippen LogP contribution in [0.1, 0.15) is 67.9 Å². The van der Waals surface area contributed by atoms with Crippen molar-refractivity contribution >= 4 is 5.97 Å². The second kappa shape index (κ2) is 15.1. The number of β-amino-alcohol motifs (C(OH)–C–C–N with tert-alkyl or cyclic N) is 1. The van der Waals surface area contributed by atoms with Crippen LogP contribution in [0.3, 0.4) is 0 Å². The van der Waals surface area contributed by atoms with Gasteiger partial charge in [-0.25, -0.2) is 0 Å². The van der Waals surface area contributed by atoms with Gasteiger partial charge in [0, 0.05) is 31.6 Å². The number of hydrogen-bond acceptors (Lipinski definition) is 4. The number of nitrogens with zero attached hydrogens (tertiary/aromatic N) is 1. The van der Waals surface area contributed by atoms with E-state index in [0.29, 0.717) is 19.5 Å². The van der Waals surface area contributed by atoms with E-state index in [1.165, 1.54) is 16.7 Å². The van der Waals surface area contributed by atoms with Crippen LogP contribution in [-0.4, -0.2) is 52.9 Å². The van der Waals surface area contributed by atoms with Gasteiger partial charge in [-0.15, -0.1) is 0 Å². The number of aliphatic hydroxyl groups excluding tert-OH is 1. The Morgan fingerprint density at radius 3 is 2.42 bits per heavy atom. The Hall–Kier alpha value is -2.99. The molecule has 0 aliphatic carbocycles. The molecule has 0 heterocycles. The van der Waals surface area contributed by atoms with Crippen molar-refractivity contribution in [3.05, 3.63) is 94.5 Å². The molecule has 40 heavy (non-hydrogen) atoms. The number of aliphatic carboxylic acids is 1. The number of rotatable bonds is 16. The van der Waals surface area contributed by atoms with Crippen LogP contribution in [0, 0.1) is 6.92 Å². The average molecular weight is 545 g/mol. The van der Waals surface area contributed by atoms with E-state index in [1.807, 2.05) is 12.1 Å². The van der Waals surface area contributed by atoms with E-state index in [2.05, 4.69) is 99.6 Å². The van der Waals surface area contributed by atoms with Crippen molar-refractivity contribution in [2.75, 3.05) is 20.1 Å². The van der Waals surface area contributed by atoms with Crippen LogP contribution < -0.4 is 5.32 Å². The highest BCUT2D eigenvalue weighted by molar-refractivity contribution is 5.73. The van der Waals surface area contributed by atoms with E-state index in [9.17, 15) is 15.0 Å². The van der Waals surface area contributed by atoms with Crippen LogP contribution in [-0.2, 0) is 30.6 Å². The Kier molecular flexibility index (Phi) is 11.9. The highest BCUT2D eigenvalue weighted by Gasteiger charge is 2.19. The van der Waals surface area contributed by atoms with Gasteiger partial charge in [0.25, 0.3) is 0 Å². The van der Waals surface area contributed by atoms with Gasteiger partial charge in [-0.3, -0.25) is 9.69 Å². The summed E-state index contributed by atoms with van der Waals surface area (Å²) in [7, 11) is 2.06. The molecule has 0 fully saturated rings. The first kappa shape index (κ1) is 31.5. The summed E-state index contributed by atoms with van der Waals surface area (Å²) in [6.45, 7) is 10.6. The summed E-state index contributed by atoms with van der Waals surface area (Å²) in [5.41, 5.74) is 8.41. The van der Waals surface area contributed by atoms with E-state index >= 15 is 0 Å². The molecule has 0 saturated heterocycles. The zero-order valence-corrected chi connectivity index (χ0v) is 25.0. The number of aryl methyl sites for hydroxylation is 4. The third-order valence-electron chi connectivity index (χ3n) is 7.73. The maximum Gasteiger partial charge on any atom is 0.303 e. The van der Waals surface area contributed by atoms with Gasteiger partial charge in [0.05, 0.1) is 6.10 Å². The van der Waals surface area contributed by atoms with Crippen molar-refractivity contribution in [3.63, 3.8) is 0 Å². The third-order valence-corrected chi connectivity index (χ3v) is 7.73. The molecule has 0 aromatic heterocycles. The molecule has 0 bridgehead atoms. The van der Waals surface area contributed by atoms with E-state index < -0.39 is 12.1 Å². The van der Waals surface area contributed by atoms with Crippen molar-refractivity contribution in [2.45, 2.75) is 84.4 Å². The summed E-state index contributed by atoms with van der Waals surface area (Å²) >= 11 is 0. The first-order chi connectivity index (χ1) is 19.1. The second-order valence-electron chi connectivity index (χ2n) is 11.8. The number of hydrogen-bond donors (Lipinski definition) is 3. The lowest BCUT2D eigenvalue weighted by Gasteiger charge is -2.29. The molecule has 0 radical (unpaired) electrons. The molecule has 3 aromatic rings. The van der Waals surface area contributed by atoms with E-state index in [1.54, 1.807) is 0 Å². The molecule has 0 unspecified atom stereocenters. The first-order valence-corrected chi connectivity index (χ1v) is 14.7. The van der Waals surface area contributed by atoms with E-state index in [4.69, 9.17) is 0 Å². The number of aliphatic hydroxyl groups is 1.